The second-order valence-corrected chi connectivity index (χ2v) is 4.53. The Bertz CT molecular complexity index is 197. The Morgan fingerprint density at radius 3 is 2.22 bits per heavy atom. The van der Waals surface area contributed by atoms with E-state index in [2.05, 4.69) is 19.2 Å². The van der Waals surface area contributed by atoms with Crippen molar-refractivity contribution in [2.24, 2.45) is 0 Å². The molecule has 0 fully saturated rings. The third kappa shape index (κ3) is 8.75. The summed E-state index contributed by atoms with van der Waals surface area (Å²) < 4.78 is 41.6. The van der Waals surface area contributed by atoms with Gasteiger partial charge in [-0.2, -0.15) is 13.2 Å². The lowest BCUT2D eigenvalue weighted by molar-refractivity contribution is -0.150. The second-order valence-electron chi connectivity index (χ2n) is 4.53. The quantitative estimate of drug-likeness (QED) is 0.649. The highest BCUT2D eigenvalue weighted by Crippen LogP contribution is 2.20. The summed E-state index contributed by atoms with van der Waals surface area (Å²) in [5.74, 6) is 0. The van der Waals surface area contributed by atoms with Crippen molar-refractivity contribution in [3.05, 3.63) is 0 Å². The lowest BCUT2D eigenvalue weighted by Crippen LogP contribution is -2.41. The summed E-state index contributed by atoms with van der Waals surface area (Å²) in [6, 6.07) is 0.160. The highest BCUT2D eigenvalue weighted by molar-refractivity contribution is 4.76. The number of halogens is 3. The van der Waals surface area contributed by atoms with Crippen LogP contribution in [0.4, 0.5) is 13.2 Å². The molecule has 2 nitrogen and oxygen atoms in total. The summed E-state index contributed by atoms with van der Waals surface area (Å²) in [5.41, 5.74) is 0. The van der Waals surface area contributed by atoms with Gasteiger partial charge in [0, 0.05) is 6.04 Å². The fourth-order valence-electron chi connectivity index (χ4n) is 1.90. The van der Waals surface area contributed by atoms with Gasteiger partial charge in [-0.05, 0) is 25.8 Å². The molecule has 0 radical (unpaired) electrons. The number of hydrogen-bond donors (Lipinski definition) is 1. The third-order valence-corrected chi connectivity index (χ3v) is 2.82. The van der Waals surface area contributed by atoms with Gasteiger partial charge >= 0.3 is 6.18 Å². The zero-order valence-electron chi connectivity index (χ0n) is 11.6. The van der Waals surface area contributed by atoms with Gasteiger partial charge < -0.3 is 10.1 Å². The van der Waals surface area contributed by atoms with Crippen LogP contribution in [0.25, 0.3) is 0 Å². The molecule has 18 heavy (non-hydrogen) atoms. The summed E-state index contributed by atoms with van der Waals surface area (Å²) >= 11 is 0. The Morgan fingerprint density at radius 1 is 1.11 bits per heavy atom. The first-order valence-electron chi connectivity index (χ1n) is 6.86. The fourth-order valence-corrected chi connectivity index (χ4v) is 1.90. The van der Waals surface area contributed by atoms with E-state index in [0.29, 0.717) is 0 Å². The monoisotopic (exact) mass is 269 g/mol. The average Bonchev–Trinajstić information content (AvgIpc) is 2.29. The van der Waals surface area contributed by atoms with Crippen LogP contribution in [-0.4, -0.2) is 31.5 Å². The van der Waals surface area contributed by atoms with Crippen molar-refractivity contribution in [2.75, 3.05) is 13.2 Å². The lowest BCUT2D eigenvalue weighted by Gasteiger charge is -2.27. The molecule has 2 atom stereocenters. The Kier molecular flexibility index (Phi) is 9.46. The van der Waals surface area contributed by atoms with Crippen molar-refractivity contribution in [3.8, 4) is 0 Å². The number of alkyl halides is 3. The average molecular weight is 269 g/mol. The van der Waals surface area contributed by atoms with Crippen LogP contribution in [0.5, 0.6) is 0 Å². The topological polar surface area (TPSA) is 21.3 Å². The fraction of sp³-hybridized carbons (Fsp3) is 1.00. The van der Waals surface area contributed by atoms with Crippen molar-refractivity contribution >= 4 is 0 Å². The predicted octanol–water partition coefficient (Wildman–Crippen LogP) is 3.90. The standard InChI is InChI=1S/C13H26F3NO/c1-4-7-11(17-9-5-2)12(6-3)18-10-8-13(14,15)16/h11-12,17H,4-10H2,1-3H3. The van der Waals surface area contributed by atoms with Crippen LogP contribution in [0.2, 0.25) is 0 Å². The SMILES string of the molecule is CCCNC(CCC)C(CC)OCCC(F)(F)F. The highest BCUT2D eigenvalue weighted by atomic mass is 19.4. The minimum atomic E-state index is -4.13. The molecule has 0 aromatic rings. The number of nitrogens with one attached hydrogen (secondary N) is 1. The van der Waals surface area contributed by atoms with Gasteiger partial charge in [0.25, 0.3) is 0 Å². The van der Waals surface area contributed by atoms with Crippen LogP contribution < -0.4 is 5.32 Å². The molecule has 5 heteroatoms. The first kappa shape index (κ1) is 17.7. The molecule has 0 spiro atoms. The van der Waals surface area contributed by atoms with Gasteiger partial charge in [-0.25, -0.2) is 0 Å². The van der Waals surface area contributed by atoms with E-state index in [4.69, 9.17) is 4.74 Å². The molecule has 110 valence electrons. The Morgan fingerprint density at radius 2 is 1.78 bits per heavy atom. The molecule has 2 unspecified atom stereocenters. The van der Waals surface area contributed by atoms with E-state index < -0.39 is 12.6 Å². The molecule has 0 heterocycles. The molecule has 0 aliphatic rings. The second kappa shape index (κ2) is 9.62. The summed E-state index contributed by atoms with van der Waals surface area (Å²) in [4.78, 5) is 0. The smallest absolute Gasteiger partial charge is 0.376 e. The molecular weight excluding hydrogens is 243 g/mol. The first-order valence-corrected chi connectivity index (χ1v) is 6.86. The maximum absolute atomic E-state index is 12.1. The van der Waals surface area contributed by atoms with Gasteiger partial charge in [0.2, 0.25) is 0 Å². The van der Waals surface area contributed by atoms with E-state index in [9.17, 15) is 13.2 Å². The van der Waals surface area contributed by atoms with E-state index in [1.807, 2.05) is 6.92 Å². The Balaban J connectivity index is 4.14. The first-order chi connectivity index (χ1) is 8.44. The summed E-state index contributed by atoms with van der Waals surface area (Å²) in [5, 5.41) is 3.36. The van der Waals surface area contributed by atoms with Gasteiger partial charge in [0.1, 0.15) is 0 Å². The van der Waals surface area contributed by atoms with Crippen molar-refractivity contribution < 1.29 is 17.9 Å². The summed E-state index contributed by atoms with van der Waals surface area (Å²) in [7, 11) is 0. The minimum absolute atomic E-state index is 0.126. The van der Waals surface area contributed by atoms with E-state index >= 15 is 0 Å². The van der Waals surface area contributed by atoms with E-state index in [1.165, 1.54) is 0 Å². The summed E-state index contributed by atoms with van der Waals surface area (Å²) in [6.07, 6.45) is -1.44. The maximum Gasteiger partial charge on any atom is 0.391 e. The molecule has 0 amide bonds. The molecule has 0 aliphatic heterocycles. The van der Waals surface area contributed by atoms with Crippen molar-refractivity contribution in [3.63, 3.8) is 0 Å². The van der Waals surface area contributed by atoms with E-state index in [1.54, 1.807) is 0 Å². The van der Waals surface area contributed by atoms with Crippen LogP contribution in [0, 0.1) is 0 Å². The molecule has 0 aromatic heterocycles. The van der Waals surface area contributed by atoms with Gasteiger partial charge in [-0.15, -0.1) is 0 Å². The number of ether oxygens (including phenoxy) is 1. The van der Waals surface area contributed by atoms with Crippen LogP contribution in [0.3, 0.4) is 0 Å². The zero-order valence-corrected chi connectivity index (χ0v) is 11.6. The van der Waals surface area contributed by atoms with Crippen LogP contribution in [0.1, 0.15) is 52.9 Å². The molecule has 0 saturated heterocycles. The van der Waals surface area contributed by atoms with Crippen LogP contribution >= 0.6 is 0 Å². The van der Waals surface area contributed by atoms with E-state index in [0.717, 1.165) is 32.2 Å². The van der Waals surface area contributed by atoms with Gasteiger partial charge in [0.15, 0.2) is 0 Å². The van der Waals surface area contributed by atoms with Crippen LogP contribution in [0.15, 0.2) is 0 Å². The Labute approximate surface area is 108 Å². The number of hydrogen-bond acceptors (Lipinski definition) is 2. The largest absolute Gasteiger partial charge is 0.391 e. The molecule has 0 aromatic carbocycles. The highest BCUT2D eigenvalue weighted by Gasteiger charge is 2.28. The number of rotatable bonds is 10. The lowest BCUT2D eigenvalue weighted by atomic mass is 10.0. The molecule has 0 saturated carbocycles. The van der Waals surface area contributed by atoms with Gasteiger partial charge in [-0.3, -0.25) is 0 Å². The van der Waals surface area contributed by atoms with Crippen LogP contribution in [-0.2, 0) is 4.74 Å². The van der Waals surface area contributed by atoms with Crippen molar-refractivity contribution in [1.82, 2.24) is 5.32 Å². The zero-order chi connectivity index (χ0) is 14.0. The molecular formula is C13H26F3NO. The molecule has 0 bridgehead atoms. The molecule has 1 N–H and O–H groups in total. The van der Waals surface area contributed by atoms with Gasteiger partial charge in [-0.1, -0.05) is 27.2 Å². The predicted molar refractivity (Wildman–Crippen MR) is 67.7 cm³/mol. The minimum Gasteiger partial charge on any atom is -0.376 e. The maximum atomic E-state index is 12.1. The van der Waals surface area contributed by atoms with Crippen molar-refractivity contribution in [2.45, 2.75) is 71.2 Å². The summed E-state index contributed by atoms with van der Waals surface area (Å²) in [6.45, 7) is 6.74. The normalized spacial score (nSPS) is 15.7. The van der Waals surface area contributed by atoms with E-state index in [-0.39, 0.29) is 18.8 Å². The van der Waals surface area contributed by atoms with Gasteiger partial charge in [0.05, 0.1) is 19.1 Å². The Hall–Kier alpha value is -0.290. The molecule has 0 rings (SSSR count). The third-order valence-electron chi connectivity index (χ3n) is 2.82. The van der Waals surface area contributed by atoms with Crippen molar-refractivity contribution in [1.29, 1.82) is 0 Å². The molecule has 0 aliphatic carbocycles.